The van der Waals surface area contributed by atoms with E-state index in [1.165, 1.54) is 32.4 Å². The predicted octanol–water partition coefficient (Wildman–Crippen LogP) is 5.77. The van der Waals surface area contributed by atoms with Crippen molar-refractivity contribution in [3.05, 3.63) is 63.2 Å². The third-order valence-electron chi connectivity index (χ3n) is 3.90. The third-order valence-corrected chi connectivity index (χ3v) is 7.73. The fraction of sp³-hybridized carbons (Fsp3) is 0.294. The molecule has 104 valence electrons. The summed E-state index contributed by atoms with van der Waals surface area (Å²) < 4.78 is 0. The molecule has 1 aliphatic carbocycles. The first-order valence-corrected chi connectivity index (χ1v) is 11.9. The molecular weight excluding hydrogens is 300 g/mol. The van der Waals surface area contributed by atoms with Gasteiger partial charge in [-0.3, -0.25) is 0 Å². The number of allylic oxidation sites excluding steroid dienone is 4. The van der Waals surface area contributed by atoms with Gasteiger partial charge in [0.25, 0.3) is 0 Å². The van der Waals surface area contributed by atoms with Gasteiger partial charge in [-0.25, -0.2) is 0 Å². The molecule has 0 amide bonds. The summed E-state index contributed by atoms with van der Waals surface area (Å²) in [5.74, 6) is 0. The van der Waals surface area contributed by atoms with E-state index in [0.717, 1.165) is 0 Å². The average Bonchev–Trinajstić information content (AvgIpc) is 2.81. The van der Waals surface area contributed by atoms with E-state index in [9.17, 15) is 0 Å². The first-order valence-electron chi connectivity index (χ1n) is 6.98. The first kappa shape index (κ1) is 14.2. The van der Waals surface area contributed by atoms with Gasteiger partial charge in [0.2, 0.25) is 0 Å². The second-order valence-corrected chi connectivity index (χ2v) is 13.6. The molecule has 1 unspecified atom stereocenters. The molecule has 0 saturated carbocycles. The van der Waals surface area contributed by atoms with E-state index in [0.29, 0.717) is 5.25 Å². The standard InChI is InChI=1S/C17H19ClSSi/c1-11-10-14-15(13-8-6-5-7-9-13)12(2)19-16(14)17(11)20(3,4)18/h5-10,12H,1-4H3. The SMILES string of the molecule is CC1=CC2=C(c3ccccc3)C(C)SC2=C1[Si](C)(C)Cl. The summed E-state index contributed by atoms with van der Waals surface area (Å²) in [6, 6.07) is 10.7. The second kappa shape index (κ2) is 4.94. The van der Waals surface area contributed by atoms with E-state index < -0.39 is 7.38 Å². The van der Waals surface area contributed by atoms with Gasteiger partial charge >= 0.3 is 0 Å². The number of hydrogen-bond donors (Lipinski definition) is 0. The van der Waals surface area contributed by atoms with E-state index in [-0.39, 0.29) is 0 Å². The molecule has 1 atom stereocenters. The number of halogens is 1. The van der Waals surface area contributed by atoms with Crippen molar-refractivity contribution in [2.24, 2.45) is 0 Å². The van der Waals surface area contributed by atoms with Crippen LogP contribution >= 0.6 is 22.8 Å². The van der Waals surface area contributed by atoms with Crippen molar-refractivity contribution in [1.82, 2.24) is 0 Å². The van der Waals surface area contributed by atoms with Crippen LogP contribution in [-0.2, 0) is 0 Å². The molecule has 0 spiro atoms. The van der Waals surface area contributed by atoms with Gasteiger partial charge in [-0.05, 0) is 41.3 Å². The van der Waals surface area contributed by atoms with Crippen molar-refractivity contribution in [1.29, 1.82) is 0 Å². The molecule has 0 bridgehead atoms. The average molecular weight is 319 g/mol. The van der Waals surface area contributed by atoms with Crippen LogP contribution in [-0.4, -0.2) is 12.6 Å². The van der Waals surface area contributed by atoms with Crippen LogP contribution in [0.3, 0.4) is 0 Å². The molecule has 3 heteroatoms. The van der Waals surface area contributed by atoms with Crippen molar-refractivity contribution < 1.29 is 0 Å². The number of hydrogen-bond acceptors (Lipinski definition) is 1. The van der Waals surface area contributed by atoms with Gasteiger partial charge in [0.1, 0.15) is 0 Å². The molecule has 2 aliphatic rings. The number of rotatable bonds is 2. The Hall–Kier alpha value is -0.703. The highest BCUT2D eigenvalue weighted by atomic mass is 35.6. The predicted molar refractivity (Wildman–Crippen MR) is 94.5 cm³/mol. The van der Waals surface area contributed by atoms with Crippen molar-refractivity contribution in [3.63, 3.8) is 0 Å². The fourth-order valence-corrected chi connectivity index (χ4v) is 8.03. The van der Waals surface area contributed by atoms with Crippen molar-refractivity contribution in [3.8, 4) is 0 Å². The summed E-state index contributed by atoms with van der Waals surface area (Å²) in [4.78, 5) is 1.44. The maximum atomic E-state index is 6.75. The molecule has 1 aromatic carbocycles. The lowest BCUT2D eigenvalue weighted by molar-refractivity contribution is 1.27. The molecule has 1 heterocycles. The lowest BCUT2D eigenvalue weighted by atomic mass is 9.98. The Morgan fingerprint density at radius 1 is 1.15 bits per heavy atom. The Morgan fingerprint density at radius 2 is 1.80 bits per heavy atom. The van der Waals surface area contributed by atoms with E-state index in [2.05, 4.69) is 63.3 Å². The van der Waals surface area contributed by atoms with Gasteiger partial charge in [-0.2, -0.15) is 11.1 Å². The lowest BCUT2D eigenvalue weighted by Crippen LogP contribution is -2.21. The molecule has 0 aromatic heterocycles. The third kappa shape index (κ3) is 2.24. The zero-order valence-electron chi connectivity index (χ0n) is 12.3. The van der Waals surface area contributed by atoms with Crippen LogP contribution in [0.1, 0.15) is 19.4 Å². The molecule has 0 fully saturated rings. The minimum Gasteiger partial charge on any atom is -0.161 e. The molecule has 3 rings (SSSR count). The monoisotopic (exact) mass is 318 g/mol. The summed E-state index contributed by atoms with van der Waals surface area (Å²) in [5, 5.41) is 1.95. The largest absolute Gasteiger partial charge is 0.182 e. The van der Waals surface area contributed by atoms with Gasteiger partial charge in [0, 0.05) is 10.2 Å². The molecule has 0 saturated heterocycles. The molecule has 0 radical (unpaired) electrons. The Morgan fingerprint density at radius 3 is 2.40 bits per heavy atom. The Labute approximate surface area is 131 Å². The van der Waals surface area contributed by atoms with E-state index in [1.807, 2.05) is 11.8 Å². The van der Waals surface area contributed by atoms with Crippen LogP contribution in [0.25, 0.3) is 5.57 Å². The van der Waals surface area contributed by atoms with E-state index in [1.54, 1.807) is 0 Å². The molecule has 0 nitrogen and oxygen atoms in total. The Bertz CT molecular complexity index is 647. The zero-order valence-corrected chi connectivity index (χ0v) is 14.9. The molecular formula is C17H19ClSSi. The minimum absolute atomic E-state index is 0.509. The van der Waals surface area contributed by atoms with E-state index >= 15 is 0 Å². The Balaban J connectivity index is 2.21. The Kier molecular flexibility index (Phi) is 3.52. The smallest absolute Gasteiger partial charge is 0.161 e. The normalized spacial score (nSPS) is 22.4. The van der Waals surface area contributed by atoms with Crippen molar-refractivity contribution in [2.45, 2.75) is 32.2 Å². The lowest BCUT2D eigenvalue weighted by Gasteiger charge is -2.18. The van der Waals surface area contributed by atoms with E-state index in [4.69, 9.17) is 11.1 Å². The summed E-state index contributed by atoms with van der Waals surface area (Å²) in [6.45, 7) is 8.96. The van der Waals surface area contributed by atoms with Gasteiger partial charge in [0.05, 0.1) is 0 Å². The number of fused-ring (bicyclic) bond motifs is 1. The highest BCUT2D eigenvalue weighted by molar-refractivity contribution is 8.04. The van der Waals surface area contributed by atoms with Crippen molar-refractivity contribution >= 4 is 35.8 Å². The number of benzene rings is 1. The van der Waals surface area contributed by atoms with Gasteiger partial charge in [-0.15, -0.1) is 11.8 Å². The summed E-state index contributed by atoms with van der Waals surface area (Å²) in [5.41, 5.74) is 5.60. The van der Waals surface area contributed by atoms with Crippen LogP contribution in [0.4, 0.5) is 0 Å². The fourth-order valence-electron chi connectivity index (χ4n) is 3.19. The maximum absolute atomic E-state index is 6.75. The second-order valence-electron chi connectivity index (χ2n) is 5.96. The quantitative estimate of drug-likeness (QED) is 0.492. The van der Waals surface area contributed by atoms with Crippen LogP contribution in [0, 0.1) is 0 Å². The molecule has 1 aliphatic heterocycles. The van der Waals surface area contributed by atoms with Gasteiger partial charge < -0.3 is 0 Å². The van der Waals surface area contributed by atoms with Gasteiger partial charge in [0.15, 0.2) is 7.38 Å². The van der Waals surface area contributed by atoms with Crippen LogP contribution in [0.2, 0.25) is 13.1 Å². The highest BCUT2D eigenvalue weighted by Crippen LogP contribution is 2.54. The molecule has 20 heavy (non-hydrogen) atoms. The molecule has 0 N–H and O–H groups in total. The molecule has 1 aromatic rings. The topological polar surface area (TPSA) is 0 Å². The van der Waals surface area contributed by atoms with Crippen LogP contribution < -0.4 is 0 Å². The number of thioether (sulfide) groups is 1. The van der Waals surface area contributed by atoms with Gasteiger partial charge in [-0.1, -0.05) is 49.5 Å². The summed E-state index contributed by atoms with van der Waals surface area (Å²) in [7, 11) is -1.80. The minimum atomic E-state index is -1.80. The zero-order chi connectivity index (χ0) is 14.5. The first-order chi connectivity index (χ1) is 9.39. The van der Waals surface area contributed by atoms with Crippen molar-refractivity contribution in [2.75, 3.05) is 0 Å². The highest BCUT2D eigenvalue weighted by Gasteiger charge is 2.38. The summed E-state index contributed by atoms with van der Waals surface area (Å²) in [6.07, 6.45) is 2.35. The summed E-state index contributed by atoms with van der Waals surface area (Å²) >= 11 is 8.73. The maximum Gasteiger partial charge on any atom is 0.182 e. The van der Waals surface area contributed by atoms with Crippen LogP contribution in [0.5, 0.6) is 0 Å². The van der Waals surface area contributed by atoms with Crippen LogP contribution in [0.15, 0.2) is 57.7 Å².